The van der Waals surface area contributed by atoms with Crippen molar-refractivity contribution >= 4 is 28.8 Å². The lowest BCUT2D eigenvalue weighted by Gasteiger charge is -2.21. The summed E-state index contributed by atoms with van der Waals surface area (Å²) in [6.07, 6.45) is 1.66. The van der Waals surface area contributed by atoms with Gasteiger partial charge in [0.25, 0.3) is 0 Å². The van der Waals surface area contributed by atoms with Crippen LogP contribution in [0.3, 0.4) is 0 Å². The maximum absolute atomic E-state index is 5.77. The van der Waals surface area contributed by atoms with Crippen LogP contribution in [0.25, 0.3) is 0 Å². The lowest BCUT2D eigenvalue weighted by Crippen LogP contribution is -2.16. The molecule has 1 atom stereocenters. The van der Waals surface area contributed by atoms with Crippen LogP contribution in [0.15, 0.2) is 29.8 Å². The predicted molar refractivity (Wildman–Crippen MR) is 72.6 cm³/mol. The molecule has 2 heterocycles. The topological polar surface area (TPSA) is 37.8 Å². The highest BCUT2D eigenvalue weighted by atomic mass is 35.5. The minimum absolute atomic E-state index is 0.251. The Balaban J connectivity index is 2.19. The van der Waals surface area contributed by atoms with Gasteiger partial charge < -0.3 is 5.32 Å². The number of hydrogen-bond donors (Lipinski definition) is 1. The molecule has 0 aromatic carbocycles. The Bertz CT molecular complexity index is 470. The molecule has 0 aliphatic carbocycles. The SMILES string of the molecule is CC(C)C(Nc1ccnc(Cl)n1)c1cccs1. The summed E-state index contributed by atoms with van der Waals surface area (Å²) < 4.78 is 0. The van der Waals surface area contributed by atoms with Crippen molar-refractivity contribution in [2.24, 2.45) is 5.92 Å². The molecule has 0 aliphatic heterocycles. The molecule has 0 saturated heterocycles. The summed E-state index contributed by atoms with van der Waals surface area (Å²) in [4.78, 5) is 9.33. The fourth-order valence-corrected chi connectivity index (χ4v) is 2.71. The fourth-order valence-electron chi connectivity index (χ4n) is 1.61. The maximum Gasteiger partial charge on any atom is 0.224 e. The zero-order valence-corrected chi connectivity index (χ0v) is 11.3. The largest absolute Gasteiger partial charge is 0.362 e. The molecule has 0 saturated carbocycles. The molecule has 1 unspecified atom stereocenters. The minimum atomic E-state index is 0.251. The average molecular weight is 268 g/mol. The van der Waals surface area contributed by atoms with Gasteiger partial charge in [0.1, 0.15) is 5.82 Å². The van der Waals surface area contributed by atoms with Crippen LogP contribution in [-0.4, -0.2) is 9.97 Å². The molecule has 1 N–H and O–H groups in total. The van der Waals surface area contributed by atoms with Crippen LogP contribution in [0.1, 0.15) is 24.8 Å². The second-order valence-electron chi connectivity index (χ2n) is 4.09. The minimum Gasteiger partial charge on any atom is -0.362 e. The van der Waals surface area contributed by atoms with E-state index in [1.54, 1.807) is 17.5 Å². The third-order valence-electron chi connectivity index (χ3n) is 2.45. The Morgan fingerprint density at radius 3 is 2.76 bits per heavy atom. The second kappa shape index (κ2) is 5.47. The zero-order chi connectivity index (χ0) is 12.3. The molecule has 0 spiro atoms. The summed E-state index contributed by atoms with van der Waals surface area (Å²) in [5.41, 5.74) is 0. The molecule has 5 heteroatoms. The second-order valence-corrected chi connectivity index (χ2v) is 5.41. The van der Waals surface area contributed by atoms with E-state index in [4.69, 9.17) is 11.6 Å². The van der Waals surface area contributed by atoms with E-state index in [1.807, 2.05) is 6.07 Å². The first-order valence-electron chi connectivity index (χ1n) is 5.45. The van der Waals surface area contributed by atoms with Gasteiger partial charge in [-0.3, -0.25) is 0 Å². The van der Waals surface area contributed by atoms with Gasteiger partial charge >= 0.3 is 0 Å². The highest BCUT2D eigenvalue weighted by molar-refractivity contribution is 7.10. The molecule has 2 aromatic rings. The van der Waals surface area contributed by atoms with Gasteiger partial charge in [-0.15, -0.1) is 11.3 Å². The van der Waals surface area contributed by atoms with Crippen molar-refractivity contribution in [1.29, 1.82) is 0 Å². The first kappa shape index (κ1) is 12.3. The third-order valence-corrected chi connectivity index (χ3v) is 3.58. The van der Waals surface area contributed by atoms with Gasteiger partial charge in [0.2, 0.25) is 5.28 Å². The molecular weight excluding hydrogens is 254 g/mol. The number of halogens is 1. The summed E-state index contributed by atoms with van der Waals surface area (Å²) in [6, 6.07) is 6.27. The van der Waals surface area contributed by atoms with E-state index in [0.717, 1.165) is 5.82 Å². The summed E-state index contributed by atoms with van der Waals surface area (Å²) in [6.45, 7) is 4.36. The normalized spacial score (nSPS) is 12.7. The van der Waals surface area contributed by atoms with Crippen molar-refractivity contribution < 1.29 is 0 Å². The lowest BCUT2D eigenvalue weighted by atomic mass is 10.0. The van der Waals surface area contributed by atoms with E-state index in [-0.39, 0.29) is 11.3 Å². The highest BCUT2D eigenvalue weighted by Gasteiger charge is 2.17. The van der Waals surface area contributed by atoms with E-state index >= 15 is 0 Å². The number of nitrogens with zero attached hydrogens (tertiary/aromatic N) is 2. The van der Waals surface area contributed by atoms with Crippen molar-refractivity contribution in [3.8, 4) is 0 Å². The van der Waals surface area contributed by atoms with Gasteiger partial charge in [-0.1, -0.05) is 19.9 Å². The van der Waals surface area contributed by atoms with Gasteiger partial charge in [-0.2, -0.15) is 0 Å². The van der Waals surface area contributed by atoms with Crippen molar-refractivity contribution in [2.75, 3.05) is 5.32 Å². The first-order valence-corrected chi connectivity index (χ1v) is 6.71. The van der Waals surface area contributed by atoms with E-state index < -0.39 is 0 Å². The van der Waals surface area contributed by atoms with Gasteiger partial charge in [-0.25, -0.2) is 9.97 Å². The van der Waals surface area contributed by atoms with Crippen LogP contribution in [-0.2, 0) is 0 Å². The van der Waals surface area contributed by atoms with Crippen molar-refractivity contribution in [3.63, 3.8) is 0 Å². The fraction of sp³-hybridized carbons (Fsp3) is 0.333. The zero-order valence-electron chi connectivity index (χ0n) is 9.72. The Kier molecular flexibility index (Phi) is 3.97. The monoisotopic (exact) mass is 267 g/mol. The Morgan fingerprint density at radius 2 is 2.18 bits per heavy atom. The number of anilines is 1. The Morgan fingerprint density at radius 1 is 1.35 bits per heavy atom. The van der Waals surface area contributed by atoms with Crippen molar-refractivity contribution in [2.45, 2.75) is 19.9 Å². The molecule has 0 aliphatic rings. The Labute approximate surface area is 110 Å². The summed E-state index contributed by atoms with van der Waals surface area (Å²) in [5, 5.41) is 5.75. The van der Waals surface area contributed by atoms with Gasteiger partial charge in [0.15, 0.2) is 0 Å². The van der Waals surface area contributed by atoms with Crippen molar-refractivity contribution in [3.05, 3.63) is 39.9 Å². The van der Waals surface area contributed by atoms with E-state index in [2.05, 4.69) is 46.6 Å². The number of aromatic nitrogens is 2. The molecule has 0 fully saturated rings. The van der Waals surface area contributed by atoms with Crippen LogP contribution >= 0.6 is 22.9 Å². The van der Waals surface area contributed by atoms with Gasteiger partial charge in [-0.05, 0) is 35.0 Å². The first-order chi connectivity index (χ1) is 8.16. The molecule has 17 heavy (non-hydrogen) atoms. The maximum atomic E-state index is 5.77. The van der Waals surface area contributed by atoms with E-state index in [9.17, 15) is 0 Å². The Hall–Kier alpha value is -1.13. The summed E-state index contributed by atoms with van der Waals surface area (Å²) >= 11 is 7.52. The van der Waals surface area contributed by atoms with Crippen LogP contribution in [0.2, 0.25) is 5.28 Å². The van der Waals surface area contributed by atoms with Crippen LogP contribution in [0.4, 0.5) is 5.82 Å². The number of hydrogen-bond acceptors (Lipinski definition) is 4. The lowest BCUT2D eigenvalue weighted by molar-refractivity contribution is 0.552. The molecule has 0 amide bonds. The van der Waals surface area contributed by atoms with Gasteiger partial charge in [0, 0.05) is 11.1 Å². The van der Waals surface area contributed by atoms with Crippen LogP contribution in [0.5, 0.6) is 0 Å². The number of thiophene rings is 1. The quantitative estimate of drug-likeness (QED) is 0.851. The third kappa shape index (κ3) is 3.17. The van der Waals surface area contributed by atoms with Crippen LogP contribution in [0, 0.1) is 5.92 Å². The highest BCUT2D eigenvalue weighted by Crippen LogP contribution is 2.29. The molecule has 2 rings (SSSR count). The molecule has 3 nitrogen and oxygen atoms in total. The summed E-state index contributed by atoms with van der Waals surface area (Å²) in [5.74, 6) is 1.24. The molecule has 90 valence electrons. The average Bonchev–Trinajstić information content (AvgIpc) is 2.78. The molecule has 0 radical (unpaired) electrons. The molecular formula is C12H14ClN3S. The number of rotatable bonds is 4. The van der Waals surface area contributed by atoms with Gasteiger partial charge in [0.05, 0.1) is 6.04 Å². The number of nitrogens with one attached hydrogen (secondary N) is 1. The molecule has 2 aromatic heterocycles. The predicted octanol–water partition coefficient (Wildman–Crippen LogP) is 4.00. The smallest absolute Gasteiger partial charge is 0.224 e. The standard InChI is InChI=1S/C12H14ClN3S/c1-8(2)11(9-4-3-7-17-9)15-10-5-6-14-12(13)16-10/h3-8,11H,1-2H3,(H,14,15,16). The van der Waals surface area contributed by atoms with E-state index in [1.165, 1.54) is 4.88 Å². The molecule has 0 bridgehead atoms. The summed E-state index contributed by atoms with van der Waals surface area (Å²) in [7, 11) is 0. The van der Waals surface area contributed by atoms with Crippen molar-refractivity contribution in [1.82, 2.24) is 9.97 Å². The van der Waals surface area contributed by atoms with Crippen LogP contribution < -0.4 is 5.32 Å². The van der Waals surface area contributed by atoms with E-state index in [0.29, 0.717) is 5.92 Å².